The summed E-state index contributed by atoms with van der Waals surface area (Å²) in [7, 11) is -4.76. The minimum absolute atomic E-state index is 0.0226. The van der Waals surface area contributed by atoms with Gasteiger partial charge in [-0.3, -0.25) is 0 Å². The quantitative estimate of drug-likeness (QED) is 0.733. The smallest absolute Gasteiger partial charge is 0.247 e. The van der Waals surface area contributed by atoms with E-state index in [4.69, 9.17) is 9.47 Å². The monoisotopic (exact) mass is 379 g/mol. The summed E-state index contributed by atoms with van der Waals surface area (Å²) in [5.74, 6) is -0.330. The maximum atomic E-state index is 13.0. The first-order chi connectivity index (χ1) is 11.2. The summed E-state index contributed by atoms with van der Waals surface area (Å²) in [6, 6.07) is 3.23. The second kappa shape index (κ2) is 6.87. The van der Waals surface area contributed by atoms with Crippen molar-refractivity contribution in [2.45, 2.75) is 24.0 Å². The van der Waals surface area contributed by atoms with Gasteiger partial charge < -0.3 is 14.6 Å². The molecule has 0 spiro atoms. The minimum atomic E-state index is -4.06. The van der Waals surface area contributed by atoms with Crippen LogP contribution in [0.4, 0.5) is 0 Å². The van der Waals surface area contributed by atoms with Gasteiger partial charge in [-0.1, -0.05) is 6.92 Å². The van der Waals surface area contributed by atoms with Crippen molar-refractivity contribution >= 4 is 19.9 Å². The molecule has 10 heteroatoms. The van der Waals surface area contributed by atoms with Gasteiger partial charge in [-0.2, -0.15) is 4.31 Å². The lowest BCUT2D eigenvalue weighted by Gasteiger charge is -2.28. The van der Waals surface area contributed by atoms with Gasteiger partial charge >= 0.3 is 0 Å². The molecule has 136 valence electrons. The Morgan fingerprint density at radius 2 is 1.92 bits per heavy atom. The number of benzene rings is 1. The van der Waals surface area contributed by atoms with Crippen LogP contribution in [0.25, 0.3) is 0 Å². The fourth-order valence-electron chi connectivity index (χ4n) is 2.78. The molecule has 1 saturated heterocycles. The Morgan fingerprint density at radius 1 is 1.25 bits per heavy atom. The van der Waals surface area contributed by atoms with E-state index in [0.29, 0.717) is 5.75 Å². The van der Waals surface area contributed by atoms with Gasteiger partial charge in [-0.15, -0.1) is 0 Å². The van der Waals surface area contributed by atoms with Gasteiger partial charge in [0, 0.05) is 12.6 Å². The number of sulfonamides is 1. The van der Waals surface area contributed by atoms with Crippen LogP contribution in [0.5, 0.6) is 11.5 Å². The Kier molecular flexibility index (Phi) is 5.43. The number of ether oxygens (including phenoxy) is 2. The summed E-state index contributed by atoms with van der Waals surface area (Å²) in [5.41, 5.74) is 0. The molecule has 2 atom stereocenters. The zero-order chi connectivity index (χ0) is 18.1. The minimum Gasteiger partial charge on any atom is -0.497 e. The largest absolute Gasteiger partial charge is 0.497 e. The average molecular weight is 379 g/mol. The summed E-state index contributed by atoms with van der Waals surface area (Å²) in [4.78, 5) is -0.107. The Balaban J connectivity index is 2.48. The van der Waals surface area contributed by atoms with Gasteiger partial charge in [0.1, 0.15) is 16.4 Å². The summed E-state index contributed by atoms with van der Waals surface area (Å²) in [6.45, 7) is 1.61. The van der Waals surface area contributed by atoms with Gasteiger partial charge in [0.15, 0.2) is 9.84 Å². The molecule has 0 aliphatic carbocycles. The topological polar surface area (TPSA) is 110 Å². The highest BCUT2D eigenvalue weighted by atomic mass is 32.2. The number of likely N-dealkylation sites (N-methyl/N-ethyl adjacent to an activating group) is 1. The zero-order valence-corrected chi connectivity index (χ0v) is 15.3. The number of rotatable bonds is 6. The molecule has 1 aromatic carbocycles. The predicted molar refractivity (Wildman–Crippen MR) is 87.6 cm³/mol. The van der Waals surface area contributed by atoms with Crippen molar-refractivity contribution in [1.82, 2.24) is 4.31 Å². The number of aliphatic hydroxyl groups is 1. The zero-order valence-electron chi connectivity index (χ0n) is 13.7. The molecule has 1 aliphatic rings. The van der Waals surface area contributed by atoms with Crippen molar-refractivity contribution in [3.63, 3.8) is 0 Å². The van der Waals surface area contributed by atoms with E-state index in [0.717, 1.165) is 4.31 Å². The molecule has 0 saturated carbocycles. The van der Waals surface area contributed by atoms with Crippen LogP contribution >= 0.6 is 0 Å². The first-order valence-corrected chi connectivity index (χ1v) is 10.5. The van der Waals surface area contributed by atoms with Crippen LogP contribution in [-0.2, 0) is 19.9 Å². The number of hydrogen-bond donors (Lipinski definition) is 1. The van der Waals surface area contributed by atoms with Gasteiger partial charge in [0.2, 0.25) is 10.0 Å². The average Bonchev–Trinajstić information content (AvgIpc) is 2.79. The van der Waals surface area contributed by atoms with Crippen LogP contribution in [0.2, 0.25) is 0 Å². The molecule has 0 amide bonds. The van der Waals surface area contributed by atoms with Crippen molar-refractivity contribution in [1.29, 1.82) is 0 Å². The van der Waals surface area contributed by atoms with E-state index in [1.54, 1.807) is 6.92 Å². The number of nitrogens with zero attached hydrogens (tertiary/aromatic N) is 1. The first kappa shape index (κ1) is 19.0. The standard InChI is InChI=1S/C14H21NO7S2/c1-4-15(11-8-23(17,18)9-12(11)16)24(19,20)14-6-5-10(21-2)7-13(14)22-3/h5-7,11-12,16H,4,8-9H2,1-3H3/t11-,12-/m0/s1. The lowest BCUT2D eigenvalue weighted by atomic mass is 10.2. The highest BCUT2D eigenvalue weighted by Crippen LogP contribution is 2.33. The van der Waals surface area contributed by atoms with Crippen LogP contribution < -0.4 is 9.47 Å². The number of sulfone groups is 1. The summed E-state index contributed by atoms with van der Waals surface area (Å²) in [6.07, 6.45) is -1.26. The first-order valence-electron chi connectivity index (χ1n) is 7.28. The predicted octanol–water partition coefficient (Wildman–Crippen LogP) is -0.128. The third-order valence-electron chi connectivity index (χ3n) is 3.93. The Hall–Kier alpha value is -1.36. The lowest BCUT2D eigenvalue weighted by Crippen LogP contribution is -2.46. The van der Waals surface area contributed by atoms with E-state index >= 15 is 0 Å². The van der Waals surface area contributed by atoms with Gasteiger partial charge in [0.05, 0.1) is 37.9 Å². The van der Waals surface area contributed by atoms with Crippen molar-refractivity contribution < 1.29 is 31.4 Å². The molecular weight excluding hydrogens is 358 g/mol. The number of methoxy groups -OCH3 is 2. The molecule has 8 nitrogen and oxygen atoms in total. The van der Waals surface area contributed by atoms with Crippen LogP contribution in [0, 0.1) is 0 Å². The maximum Gasteiger partial charge on any atom is 0.247 e. The normalized spacial score (nSPS) is 23.4. The van der Waals surface area contributed by atoms with Crippen LogP contribution in [0.3, 0.4) is 0 Å². The molecule has 0 radical (unpaired) electrons. The molecule has 1 fully saturated rings. The fraction of sp³-hybridized carbons (Fsp3) is 0.571. The van der Waals surface area contributed by atoms with Crippen LogP contribution in [0.1, 0.15) is 6.92 Å². The van der Waals surface area contributed by atoms with E-state index in [-0.39, 0.29) is 17.2 Å². The molecule has 0 bridgehead atoms. The van der Waals surface area contributed by atoms with Crippen molar-refractivity contribution in [3.8, 4) is 11.5 Å². The maximum absolute atomic E-state index is 13.0. The van der Waals surface area contributed by atoms with E-state index in [2.05, 4.69) is 0 Å². The molecule has 24 heavy (non-hydrogen) atoms. The highest BCUT2D eigenvalue weighted by molar-refractivity contribution is 7.92. The highest BCUT2D eigenvalue weighted by Gasteiger charge is 2.44. The van der Waals surface area contributed by atoms with Crippen LogP contribution in [-0.4, -0.2) is 70.7 Å². The molecule has 1 aromatic rings. The van der Waals surface area contributed by atoms with E-state index in [9.17, 15) is 21.9 Å². The number of aliphatic hydroxyl groups excluding tert-OH is 1. The second-order valence-electron chi connectivity index (χ2n) is 5.44. The Labute approximate surface area is 142 Å². The molecule has 1 N–H and O–H groups in total. The number of hydrogen-bond acceptors (Lipinski definition) is 7. The van der Waals surface area contributed by atoms with E-state index in [1.807, 2.05) is 0 Å². The van der Waals surface area contributed by atoms with Gasteiger partial charge in [0.25, 0.3) is 0 Å². The molecule has 0 aromatic heterocycles. The van der Waals surface area contributed by atoms with Crippen molar-refractivity contribution in [2.75, 3.05) is 32.3 Å². The summed E-state index contributed by atoms with van der Waals surface area (Å²) >= 11 is 0. The summed E-state index contributed by atoms with van der Waals surface area (Å²) < 4.78 is 60.6. The third-order valence-corrected chi connectivity index (χ3v) is 7.67. The molecule has 1 aliphatic heterocycles. The molecule has 1 heterocycles. The van der Waals surface area contributed by atoms with Gasteiger partial charge in [-0.25, -0.2) is 16.8 Å². The van der Waals surface area contributed by atoms with Crippen molar-refractivity contribution in [2.24, 2.45) is 0 Å². The molecule has 0 unspecified atom stereocenters. The lowest BCUT2D eigenvalue weighted by molar-refractivity contribution is 0.130. The van der Waals surface area contributed by atoms with Crippen molar-refractivity contribution in [3.05, 3.63) is 18.2 Å². The van der Waals surface area contributed by atoms with Gasteiger partial charge in [-0.05, 0) is 12.1 Å². The third kappa shape index (κ3) is 3.51. The molecular formula is C14H21NO7S2. The Morgan fingerprint density at radius 3 is 2.38 bits per heavy atom. The SMILES string of the molecule is CCN([C@H]1CS(=O)(=O)C[C@@H]1O)S(=O)(=O)c1ccc(OC)cc1OC. The molecule has 2 rings (SSSR count). The second-order valence-corrected chi connectivity index (χ2v) is 9.45. The fourth-order valence-corrected chi connectivity index (χ4v) is 6.48. The Bertz CT molecular complexity index is 804. The van der Waals surface area contributed by atoms with Crippen LogP contribution in [0.15, 0.2) is 23.1 Å². The summed E-state index contributed by atoms with van der Waals surface area (Å²) in [5, 5.41) is 10.0. The van der Waals surface area contributed by atoms with E-state index in [1.165, 1.54) is 32.4 Å². The van der Waals surface area contributed by atoms with E-state index < -0.39 is 43.5 Å².